The summed E-state index contributed by atoms with van der Waals surface area (Å²) in [7, 11) is 2.22. The van der Waals surface area contributed by atoms with Crippen molar-refractivity contribution in [3.8, 4) is 0 Å². The second-order valence-electron chi connectivity index (χ2n) is 6.99. The summed E-state index contributed by atoms with van der Waals surface area (Å²) in [5.41, 5.74) is 1.68. The number of hydrogen-bond acceptors (Lipinski definition) is 2. The molecule has 2 aliphatic heterocycles. The minimum atomic E-state index is 0.189. The topological polar surface area (TPSA) is 20.3 Å². The molecule has 3 unspecified atom stereocenters. The number of allylic oxidation sites excluding steroid dienone is 2. The minimum Gasteiger partial charge on any atom is -0.299 e. The molecule has 0 N–H and O–H groups in total. The van der Waals surface area contributed by atoms with Crippen LogP contribution >= 0.6 is 0 Å². The largest absolute Gasteiger partial charge is 0.299 e. The van der Waals surface area contributed by atoms with E-state index in [4.69, 9.17) is 0 Å². The molecule has 0 aromatic heterocycles. The first-order valence-electron chi connectivity index (χ1n) is 7.23. The van der Waals surface area contributed by atoms with Crippen molar-refractivity contribution < 1.29 is 4.79 Å². The number of ketones is 1. The third kappa shape index (κ3) is 2.40. The van der Waals surface area contributed by atoms with Crippen LogP contribution in [0.3, 0.4) is 0 Å². The quantitative estimate of drug-likeness (QED) is 0.613. The van der Waals surface area contributed by atoms with Crippen molar-refractivity contribution in [1.82, 2.24) is 4.90 Å². The summed E-state index contributed by atoms with van der Waals surface area (Å²) in [6, 6.07) is 0.824. The molecule has 0 aromatic rings. The van der Waals surface area contributed by atoms with Crippen LogP contribution in [0.2, 0.25) is 0 Å². The lowest BCUT2D eigenvalue weighted by atomic mass is 9.72. The lowest BCUT2D eigenvalue weighted by Gasteiger charge is -2.48. The zero-order chi connectivity index (χ0) is 13.5. The molecular weight excluding hydrogens is 222 g/mol. The van der Waals surface area contributed by atoms with E-state index < -0.39 is 0 Å². The fraction of sp³-hybridized carbons (Fsp3) is 0.812. The number of fused-ring (bicyclic) bond motifs is 2. The Morgan fingerprint density at radius 3 is 2.72 bits per heavy atom. The number of carbonyl (C=O) groups is 1. The molecule has 0 saturated carbocycles. The Hall–Kier alpha value is -0.630. The van der Waals surface area contributed by atoms with Gasteiger partial charge in [-0.3, -0.25) is 9.69 Å². The summed E-state index contributed by atoms with van der Waals surface area (Å²) in [4.78, 5) is 14.8. The number of nitrogens with zero attached hydrogens (tertiary/aromatic N) is 1. The van der Waals surface area contributed by atoms with Gasteiger partial charge in [0.1, 0.15) is 5.78 Å². The lowest BCUT2D eigenvalue weighted by molar-refractivity contribution is -0.133. The third-order valence-corrected chi connectivity index (χ3v) is 5.21. The predicted molar refractivity (Wildman–Crippen MR) is 75.5 cm³/mol. The molecule has 0 radical (unpaired) electrons. The highest BCUT2D eigenvalue weighted by atomic mass is 16.1. The summed E-state index contributed by atoms with van der Waals surface area (Å²) >= 11 is 0. The molecule has 3 atom stereocenters. The fourth-order valence-corrected chi connectivity index (χ4v) is 3.65. The Bertz CT molecular complexity index is 369. The van der Waals surface area contributed by atoms with E-state index in [9.17, 15) is 4.79 Å². The first-order valence-corrected chi connectivity index (χ1v) is 7.23. The maximum Gasteiger partial charge on any atom is 0.138 e. The van der Waals surface area contributed by atoms with E-state index in [0.29, 0.717) is 17.9 Å². The van der Waals surface area contributed by atoms with E-state index in [2.05, 4.69) is 45.7 Å². The number of Topliss-reactive ketones (excluding diaryl/α,β-unsaturated/α-hetero) is 1. The molecular formula is C16H27NO. The van der Waals surface area contributed by atoms with Gasteiger partial charge in [0.15, 0.2) is 0 Å². The molecule has 2 aliphatic rings. The second kappa shape index (κ2) is 4.80. The van der Waals surface area contributed by atoms with Crippen LogP contribution in [-0.4, -0.2) is 29.8 Å². The van der Waals surface area contributed by atoms with Crippen molar-refractivity contribution >= 4 is 5.78 Å². The van der Waals surface area contributed by atoms with Gasteiger partial charge in [0.25, 0.3) is 0 Å². The van der Waals surface area contributed by atoms with Crippen LogP contribution in [0.1, 0.15) is 53.4 Å². The summed E-state index contributed by atoms with van der Waals surface area (Å²) in [5, 5.41) is 0. The molecule has 18 heavy (non-hydrogen) atoms. The van der Waals surface area contributed by atoms with Gasteiger partial charge in [-0.1, -0.05) is 32.4 Å². The van der Waals surface area contributed by atoms with Crippen molar-refractivity contribution in [3.05, 3.63) is 11.6 Å². The van der Waals surface area contributed by atoms with Crippen molar-refractivity contribution in [2.75, 3.05) is 7.05 Å². The van der Waals surface area contributed by atoms with Crippen molar-refractivity contribution in [1.29, 1.82) is 0 Å². The summed E-state index contributed by atoms with van der Waals surface area (Å²) in [6.07, 6.45) is 6.47. The van der Waals surface area contributed by atoms with E-state index in [-0.39, 0.29) is 11.3 Å². The van der Waals surface area contributed by atoms with Gasteiger partial charge in [-0.15, -0.1) is 0 Å². The molecule has 2 rings (SSSR count). The zero-order valence-electron chi connectivity index (χ0n) is 12.5. The van der Waals surface area contributed by atoms with Gasteiger partial charge < -0.3 is 0 Å². The number of rotatable bonds is 0. The highest BCUT2D eigenvalue weighted by Crippen LogP contribution is 2.40. The molecule has 102 valence electrons. The number of piperidine rings is 1. The molecule has 0 aliphatic carbocycles. The van der Waals surface area contributed by atoms with Crippen LogP contribution in [-0.2, 0) is 4.79 Å². The van der Waals surface area contributed by atoms with Gasteiger partial charge in [0.2, 0.25) is 0 Å². The Labute approximate surface area is 111 Å². The Balaban J connectivity index is 2.36. The molecule has 0 aromatic carbocycles. The van der Waals surface area contributed by atoms with Crippen LogP contribution in [0.5, 0.6) is 0 Å². The standard InChI is InChI=1S/C16H27NO/c1-11-6-7-13-12(2)14(18)10-15(17(13)5)16(3,4)9-8-11/h8,12-13,15H,6-7,9-10H2,1-5H3/b11-8-. The van der Waals surface area contributed by atoms with Crippen LogP contribution in [0.25, 0.3) is 0 Å². The molecule has 2 bridgehead atoms. The van der Waals surface area contributed by atoms with Crippen LogP contribution < -0.4 is 0 Å². The number of carbonyl (C=O) groups excluding carboxylic acids is 1. The zero-order valence-corrected chi connectivity index (χ0v) is 12.5. The minimum absolute atomic E-state index is 0.189. The normalized spacial score (nSPS) is 40.4. The van der Waals surface area contributed by atoms with Crippen molar-refractivity contribution in [3.63, 3.8) is 0 Å². The van der Waals surface area contributed by atoms with E-state index >= 15 is 0 Å². The van der Waals surface area contributed by atoms with Gasteiger partial charge >= 0.3 is 0 Å². The maximum atomic E-state index is 12.3. The predicted octanol–water partition coefficient (Wildman–Crippen LogP) is 3.42. The van der Waals surface area contributed by atoms with Gasteiger partial charge in [-0.2, -0.15) is 0 Å². The molecule has 2 heterocycles. The van der Waals surface area contributed by atoms with Crippen molar-refractivity contribution in [2.24, 2.45) is 11.3 Å². The molecule has 0 spiro atoms. The van der Waals surface area contributed by atoms with Crippen LogP contribution in [0.15, 0.2) is 11.6 Å². The molecule has 2 nitrogen and oxygen atoms in total. The average molecular weight is 249 g/mol. The van der Waals surface area contributed by atoms with Gasteiger partial charge in [0.05, 0.1) is 0 Å². The van der Waals surface area contributed by atoms with Gasteiger partial charge in [-0.25, -0.2) is 0 Å². The van der Waals surface area contributed by atoms with E-state index in [1.54, 1.807) is 0 Å². The Morgan fingerprint density at radius 2 is 2.06 bits per heavy atom. The molecule has 2 heteroatoms. The summed E-state index contributed by atoms with van der Waals surface area (Å²) in [6.45, 7) is 8.97. The van der Waals surface area contributed by atoms with Crippen LogP contribution in [0.4, 0.5) is 0 Å². The van der Waals surface area contributed by atoms with Crippen LogP contribution in [0, 0.1) is 11.3 Å². The van der Waals surface area contributed by atoms with Gasteiger partial charge in [0, 0.05) is 24.4 Å². The van der Waals surface area contributed by atoms with Crippen molar-refractivity contribution in [2.45, 2.75) is 65.5 Å². The first kappa shape index (κ1) is 13.8. The van der Waals surface area contributed by atoms with E-state index in [1.165, 1.54) is 5.57 Å². The SMILES string of the molecule is C/C1=C/CC(C)(C)C2CC(=O)C(C)C(CC1)N2C. The molecule has 1 saturated heterocycles. The monoisotopic (exact) mass is 249 g/mol. The second-order valence-corrected chi connectivity index (χ2v) is 6.99. The third-order valence-electron chi connectivity index (χ3n) is 5.21. The summed E-state index contributed by atoms with van der Waals surface area (Å²) < 4.78 is 0. The first-order chi connectivity index (χ1) is 8.33. The molecule has 1 fully saturated rings. The lowest BCUT2D eigenvalue weighted by Crippen LogP contribution is -2.56. The summed E-state index contributed by atoms with van der Waals surface area (Å²) in [5.74, 6) is 0.670. The average Bonchev–Trinajstić information content (AvgIpc) is 2.32. The molecule has 0 amide bonds. The number of hydrogen-bond donors (Lipinski definition) is 0. The smallest absolute Gasteiger partial charge is 0.138 e. The Kier molecular flexibility index (Phi) is 3.68. The maximum absolute atomic E-state index is 12.3. The Morgan fingerprint density at radius 1 is 1.39 bits per heavy atom. The van der Waals surface area contributed by atoms with E-state index in [1.807, 2.05) is 0 Å². The fourth-order valence-electron chi connectivity index (χ4n) is 3.65. The van der Waals surface area contributed by atoms with Gasteiger partial charge in [-0.05, 0) is 38.6 Å². The highest BCUT2D eigenvalue weighted by Gasteiger charge is 2.44. The highest BCUT2D eigenvalue weighted by molar-refractivity contribution is 5.83. The van der Waals surface area contributed by atoms with E-state index in [0.717, 1.165) is 25.7 Å².